The summed E-state index contributed by atoms with van der Waals surface area (Å²) < 4.78 is 5.05. The molecule has 2 N–H and O–H groups in total. The van der Waals surface area contributed by atoms with E-state index in [1.165, 1.54) is 0 Å². The molecule has 29 heavy (non-hydrogen) atoms. The molecule has 5 heteroatoms. The van der Waals surface area contributed by atoms with Crippen molar-refractivity contribution in [3.05, 3.63) is 96.1 Å². The molecule has 0 fully saturated rings. The monoisotopic (exact) mass is 389 g/mol. The van der Waals surface area contributed by atoms with Gasteiger partial charge in [0, 0.05) is 5.56 Å². The Morgan fingerprint density at radius 2 is 1.41 bits per heavy atom. The minimum atomic E-state index is -1.22. The van der Waals surface area contributed by atoms with E-state index in [4.69, 9.17) is 4.74 Å². The molecule has 2 unspecified atom stereocenters. The Hall–Kier alpha value is -3.44. The van der Waals surface area contributed by atoms with E-state index in [0.717, 1.165) is 11.1 Å². The third-order valence-electron chi connectivity index (χ3n) is 4.54. The summed E-state index contributed by atoms with van der Waals surface area (Å²) in [7, 11) is 0. The number of hydrogen-bond acceptors (Lipinski definition) is 4. The predicted molar refractivity (Wildman–Crippen MR) is 111 cm³/mol. The van der Waals surface area contributed by atoms with Gasteiger partial charge < -0.3 is 15.2 Å². The SMILES string of the molecule is CCOC(=O)C(NC(=O)c1ccc(-c2ccccc2)cc1)C(O)c1ccccc1. The summed E-state index contributed by atoms with van der Waals surface area (Å²) in [5, 5.41) is 13.3. The molecular formula is C24H23NO4. The molecule has 3 rings (SSSR count). The number of ether oxygens (including phenoxy) is 1. The average Bonchev–Trinajstić information content (AvgIpc) is 2.78. The van der Waals surface area contributed by atoms with Crippen molar-refractivity contribution in [2.75, 3.05) is 6.61 Å². The molecule has 3 aromatic carbocycles. The molecule has 0 bridgehead atoms. The van der Waals surface area contributed by atoms with Gasteiger partial charge in [-0.2, -0.15) is 0 Å². The van der Waals surface area contributed by atoms with E-state index in [2.05, 4.69) is 5.32 Å². The van der Waals surface area contributed by atoms with Crippen LogP contribution >= 0.6 is 0 Å². The van der Waals surface area contributed by atoms with Crippen LogP contribution in [0.4, 0.5) is 0 Å². The summed E-state index contributed by atoms with van der Waals surface area (Å²) in [5.41, 5.74) is 2.93. The van der Waals surface area contributed by atoms with Gasteiger partial charge in [0.1, 0.15) is 6.10 Å². The van der Waals surface area contributed by atoms with Crippen LogP contribution in [0.5, 0.6) is 0 Å². The van der Waals surface area contributed by atoms with Gasteiger partial charge in [-0.3, -0.25) is 4.79 Å². The second-order valence-electron chi connectivity index (χ2n) is 6.50. The van der Waals surface area contributed by atoms with E-state index in [1.54, 1.807) is 43.3 Å². The van der Waals surface area contributed by atoms with E-state index in [9.17, 15) is 14.7 Å². The molecule has 0 spiro atoms. The molecule has 0 aliphatic carbocycles. The Labute approximate surface area is 170 Å². The normalized spacial score (nSPS) is 12.6. The Balaban J connectivity index is 1.78. The third-order valence-corrected chi connectivity index (χ3v) is 4.54. The topological polar surface area (TPSA) is 75.6 Å². The lowest BCUT2D eigenvalue weighted by atomic mass is 10.0. The third kappa shape index (κ3) is 5.09. The van der Waals surface area contributed by atoms with Gasteiger partial charge in [-0.15, -0.1) is 0 Å². The van der Waals surface area contributed by atoms with Gasteiger partial charge in [0.25, 0.3) is 5.91 Å². The summed E-state index contributed by atoms with van der Waals surface area (Å²) in [4.78, 5) is 25.1. The fraction of sp³-hybridized carbons (Fsp3) is 0.167. The fourth-order valence-corrected chi connectivity index (χ4v) is 3.01. The van der Waals surface area contributed by atoms with Crippen LogP contribution in [0.1, 0.15) is 28.9 Å². The van der Waals surface area contributed by atoms with Crippen molar-refractivity contribution in [2.24, 2.45) is 0 Å². The van der Waals surface area contributed by atoms with Gasteiger partial charge in [-0.25, -0.2) is 4.79 Å². The maximum absolute atomic E-state index is 12.7. The zero-order valence-electron chi connectivity index (χ0n) is 16.1. The first-order valence-electron chi connectivity index (χ1n) is 9.46. The van der Waals surface area contributed by atoms with Crippen LogP contribution in [0.2, 0.25) is 0 Å². The molecule has 0 saturated heterocycles. The Morgan fingerprint density at radius 1 is 0.862 bits per heavy atom. The number of hydrogen-bond donors (Lipinski definition) is 2. The molecule has 0 aromatic heterocycles. The van der Waals surface area contributed by atoms with Crippen LogP contribution in [0.15, 0.2) is 84.9 Å². The molecule has 148 valence electrons. The van der Waals surface area contributed by atoms with Crippen LogP contribution < -0.4 is 5.32 Å². The van der Waals surface area contributed by atoms with Crippen LogP contribution in [0.25, 0.3) is 11.1 Å². The number of benzene rings is 3. The number of esters is 1. The molecule has 0 heterocycles. The number of aliphatic hydroxyl groups excluding tert-OH is 1. The molecule has 1 amide bonds. The summed E-state index contributed by atoms with van der Waals surface area (Å²) in [6.45, 7) is 1.83. The van der Waals surface area contributed by atoms with E-state index in [-0.39, 0.29) is 6.61 Å². The summed E-state index contributed by atoms with van der Waals surface area (Å²) in [6, 6.07) is 24.4. The molecule has 2 atom stereocenters. The van der Waals surface area contributed by atoms with Crippen molar-refractivity contribution in [2.45, 2.75) is 19.1 Å². The number of carbonyl (C=O) groups excluding carboxylic acids is 2. The highest BCUT2D eigenvalue weighted by Gasteiger charge is 2.31. The average molecular weight is 389 g/mol. The van der Waals surface area contributed by atoms with Crippen LogP contribution in [0, 0.1) is 0 Å². The fourth-order valence-electron chi connectivity index (χ4n) is 3.01. The summed E-state index contributed by atoms with van der Waals surface area (Å²) in [5.74, 6) is -1.14. The molecule has 0 aliphatic heterocycles. The highest BCUT2D eigenvalue weighted by molar-refractivity contribution is 5.97. The summed E-state index contributed by atoms with van der Waals surface area (Å²) in [6.07, 6.45) is -1.22. The van der Waals surface area contributed by atoms with Gasteiger partial charge in [0.2, 0.25) is 0 Å². The van der Waals surface area contributed by atoms with Gasteiger partial charge in [-0.1, -0.05) is 72.8 Å². The lowest BCUT2D eigenvalue weighted by Gasteiger charge is -2.23. The van der Waals surface area contributed by atoms with Crippen LogP contribution in [-0.4, -0.2) is 29.6 Å². The number of carbonyl (C=O) groups is 2. The van der Waals surface area contributed by atoms with Gasteiger partial charge >= 0.3 is 5.97 Å². The maximum Gasteiger partial charge on any atom is 0.331 e. The lowest BCUT2D eigenvalue weighted by Crippen LogP contribution is -2.46. The predicted octanol–water partition coefficient (Wildman–Crippen LogP) is 3.75. The smallest absolute Gasteiger partial charge is 0.331 e. The van der Waals surface area contributed by atoms with Crippen molar-refractivity contribution < 1.29 is 19.4 Å². The highest BCUT2D eigenvalue weighted by Crippen LogP contribution is 2.21. The minimum Gasteiger partial charge on any atom is -0.464 e. The first-order chi connectivity index (χ1) is 14.1. The minimum absolute atomic E-state index is 0.151. The Bertz CT molecular complexity index is 940. The zero-order valence-corrected chi connectivity index (χ0v) is 16.1. The van der Waals surface area contributed by atoms with Crippen LogP contribution in [-0.2, 0) is 9.53 Å². The standard InChI is InChI=1S/C24H23NO4/c1-2-29-24(28)21(22(26)19-11-7-4-8-12-19)25-23(27)20-15-13-18(14-16-20)17-9-5-3-6-10-17/h3-16,21-22,26H,2H2,1H3,(H,25,27). The number of amides is 1. The van der Waals surface area contributed by atoms with Crippen LogP contribution in [0.3, 0.4) is 0 Å². The second-order valence-corrected chi connectivity index (χ2v) is 6.50. The van der Waals surface area contributed by atoms with E-state index < -0.39 is 24.0 Å². The first kappa shape index (κ1) is 20.3. The van der Waals surface area contributed by atoms with Gasteiger partial charge in [0.05, 0.1) is 6.61 Å². The van der Waals surface area contributed by atoms with Crippen molar-refractivity contribution in [3.8, 4) is 11.1 Å². The van der Waals surface area contributed by atoms with Gasteiger partial charge in [0.15, 0.2) is 6.04 Å². The maximum atomic E-state index is 12.7. The largest absolute Gasteiger partial charge is 0.464 e. The molecule has 0 saturated carbocycles. The molecule has 0 radical (unpaired) electrons. The molecule has 0 aliphatic rings. The quantitative estimate of drug-likeness (QED) is 0.604. The summed E-state index contributed by atoms with van der Waals surface area (Å²) >= 11 is 0. The zero-order chi connectivity index (χ0) is 20.6. The van der Waals surface area contributed by atoms with Crippen molar-refractivity contribution >= 4 is 11.9 Å². The molecule has 3 aromatic rings. The second kappa shape index (κ2) is 9.66. The van der Waals surface area contributed by atoms with E-state index >= 15 is 0 Å². The van der Waals surface area contributed by atoms with Crippen molar-refractivity contribution in [1.29, 1.82) is 0 Å². The number of rotatable bonds is 7. The number of nitrogens with one attached hydrogen (secondary N) is 1. The first-order valence-corrected chi connectivity index (χ1v) is 9.46. The van der Waals surface area contributed by atoms with Crippen molar-refractivity contribution in [1.82, 2.24) is 5.32 Å². The highest BCUT2D eigenvalue weighted by atomic mass is 16.5. The number of aliphatic hydroxyl groups is 1. The van der Waals surface area contributed by atoms with Crippen molar-refractivity contribution in [3.63, 3.8) is 0 Å². The molecule has 5 nitrogen and oxygen atoms in total. The Morgan fingerprint density at radius 3 is 2.00 bits per heavy atom. The lowest BCUT2D eigenvalue weighted by molar-refractivity contribution is -0.148. The van der Waals surface area contributed by atoms with E-state index in [1.807, 2.05) is 48.5 Å². The molecular weight excluding hydrogens is 366 g/mol. The van der Waals surface area contributed by atoms with E-state index in [0.29, 0.717) is 11.1 Å². The van der Waals surface area contributed by atoms with Gasteiger partial charge in [-0.05, 0) is 35.7 Å². The Kier molecular flexibility index (Phi) is 6.76.